The monoisotopic (exact) mass is 286 g/mol. The first-order valence-corrected chi connectivity index (χ1v) is 7.00. The van der Waals surface area contributed by atoms with E-state index in [9.17, 15) is 9.59 Å². The maximum Gasteiger partial charge on any atom is 0.410 e. The van der Waals surface area contributed by atoms with Crippen LogP contribution in [0.25, 0.3) is 0 Å². The first-order valence-electron chi connectivity index (χ1n) is 7.00. The van der Waals surface area contributed by atoms with Crippen LogP contribution in [-0.4, -0.2) is 66.8 Å². The van der Waals surface area contributed by atoms with Gasteiger partial charge in [-0.3, -0.25) is 9.69 Å². The molecule has 1 heterocycles. The first-order chi connectivity index (χ1) is 9.19. The summed E-state index contributed by atoms with van der Waals surface area (Å²) in [7, 11) is 1.98. The lowest BCUT2D eigenvalue weighted by molar-refractivity contribution is -0.141. The van der Waals surface area contributed by atoms with Gasteiger partial charge in [-0.15, -0.1) is 0 Å². The van der Waals surface area contributed by atoms with Gasteiger partial charge < -0.3 is 14.4 Å². The van der Waals surface area contributed by atoms with Crippen molar-refractivity contribution < 1.29 is 19.1 Å². The van der Waals surface area contributed by atoms with Crippen molar-refractivity contribution in [3.8, 4) is 0 Å². The SMILES string of the molecule is CC(=O)OCCN(C)[C@@H]1CCN(C(=O)OC(C)(C)C)C1. The minimum absolute atomic E-state index is 0.256. The number of carbonyl (C=O) groups excluding carboxylic acids is 2. The van der Waals surface area contributed by atoms with Gasteiger partial charge in [0.15, 0.2) is 0 Å². The number of hydrogen-bond acceptors (Lipinski definition) is 5. The minimum Gasteiger partial charge on any atom is -0.465 e. The van der Waals surface area contributed by atoms with Crippen molar-refractivity contribution in [1.82, 2.24) is 9.80 Å². The number of amides is 1. The van der Waals surface area contributed by atoms with Gasteiger partial charge in [-0.1, -0.05) is 0 Å². The Bertz CT molecular complexity index is 352. The van der Waals surface area contributed by atoms with Crippen molar-refractivity contribution in [2.24, 2.45) is 0 Å². The Labute approximate surface area is 121 Å². The van der Waals surface area contributed by atoms with Crippen LogP contribution in [0.5, 0.6) is 0 Å². The van der Waals surface area contributed by atoms with E-state index in [0.29, 0.717) is 26.2 Å². The molecule has 6 nitrogen and oxygen atoms in total. The van der Waals surface area contributed by atoms with Gasteiger partial charge in [-0.05, 0) is 34.2 Å². The molecular weight excluding hydrogens is 260 g/mol. The van der Waals surface area contributed by atoms with Gasteiger partial charge in [0.2, 0.25) is 0 Å². The molecule has 0 aromatic heterocycles. The smallest absolute Gasteiger partial charge is 0.410 e. The van der Waals surface area contributed by atoms with Gasteiger partial charge >= 0.3 is 12.1 Å². The van der Waals surface area contributed by atoms with Gasteiger partial charge in [0.05, 0.1) is 0 Å². The molecule has 1 fully saturated rings. The van der Waals surface area contributed by atoms with E-state index in [-0.39, 0.29) is 18.1 Å². The molecule has 1 aliphatic heterocycles. The van der Waals surface area contributed by atoms with E-state index in [1.54, 1.807) is 4.90 Å². The quantitative estimate of drug-likeness (QED) is 0.733. The number of nitrogens with zero attached hydrogens (tertiary/aromatic N) is 2. The molecule has 116 valence electrons. The van der Waals surface area contributed by atoms with E-state index in [1.165, 1.54) is 6.92 Å². The van der Waals surface area contributed by atoms with Crippen LogP contribution in [0, 0.1) is 0 Å². The summed E-state index contributed by atoms with van der Waals surface area (Å²) < 4.78 is 10.3. The summed E-state index contributed by atoms with van der Waals surface area (Å²) >= 11 is 0. The second-order valence-corrected chi connectivity index (χ2v) is 6.19. The fraction of sp³-hybridized carbons (Fsp3) is 0.857. The number of likely N-dealkylation sites (N-methyl/N-ethyl adjacent to an activating group) is 1. The molecule has 0 bridgehead atoms. The third-order valence-corrected chi connectivity index (χ3v) is 3.19. The lowest BCUT2D eigenvalue weighted by atomic mass is 10.2. The summed E-state index contributed by atoms with van der Waals surface area (Å²) in [5, 5.41) is 0. The zero-order valence-electron chi connectivity index (χ0n) is 13.1. The van der Waals surface area contributed by atoms with Crippen molar-refractivity contribution in [3.05, 3.63) is 0 Å². The third kappa shape index (κ3) is 5.77. The second-order valence-electron chi connectivity index (χ2n) is 6.19. The Morgan fingerprint density at radius 3 is 2.55 bits per heavy atom. The van der Waals surface area contributed by atoms with Gasteiger partial charge in [0.1, 0.15) is 12.2 Å². The second kappa shape index (κ2) is 6.92. The molecule has 0 aromatic carbocycles. The van der Waals surface area contributed by atoms with Crippen LogP contribution in [0.1, 0.15) is 34.1 Å². The van der Waals surface area contributed by atoms with E-state index in [2.05, 4.69) is 4.90 Å². The largest absolute Gasteiger partial charge is 0.465 e. The fourth-order valence-corrected chi connectivity index (χ4v) is 2.11. The van der Waals surface area contributed by atoms with E-state index in [4.69, 9.17) is 9.47 Å². The Kier molecular flexibility index (Phi) is 5.80. The molecule has 6 heteroatoms. The highest BCUT2D eigenvalue weighted by Crippen LogP contribution is 2.18. The topological polar surface area (TPSA) is 59.1 Å². The van der Waals surface area contributed by atoms with Gasteiger partial charge in [0, 0.05) is 32.6 Å². The fourth-order valence-electron chi connectivity index (χ4n) is 2.11. The van der Waals surface area contributed by atoms with Gasteiger partial charge in [-0.25, -0.2) is 4.79 Å². The summed E-state index contributed by atoms with van der Waals surface area (Å²) in [5.74, 6) is -0.264. The number of rotatable bonds is 4. The van der Waals surface area contributed by atoms with Crippen molar-refractivity contribution in [2.45, 2.75) is 45.8 Å². The third-order valence-electron chi connectivity index (χ3n) is 3.19. The highest BCUT2D eigenvalue weighted by molar-refractivity contribution is 5.68. The van der Waals surface area contributed by atoms with E-state index in [0.717, 1.165) is 6.42 Å². The maximum atomic E-state index is 11.9. The Morgan fingerprint density at radius 2 is 2.00 bits per heavy atom. The molecule has 1 amide bonds. The van der Waals surface area contributed by atoms with Crippen LogP contribution < -0.4 is 0 Å². The molecule has 0 radical (unpaired) electrons. The first kappa shape index (κ1) is 16.8. The van der Waals surface area contributed by atoms with Crippen molar-refractivity contribution in [2.75, 3.05) is 33.3 Å². The van der Waals surface area contributed by atoms with Crippen LogP contribution in [0.15, 0.2) is 0 Å². The summed E-state index contributed by atoms with van der Waals surface area (Å²) in [5.41, 5.74) is -0.462. The van der Waals surface area contributed by atoms with Crippen molar-refractivity contribution in [1.29, 1.82) is 0 Å². The number of hydrogen-bond donors (Lipinski definition) is 0. The maximum absolute atomic E-state index is 11.9. The average molecular weight is 286 g/mol. The molecule has 0 aliphatic carbocycles. The summed E-state index contributed by atoms with van der Waals surface area (Å²) in [4.78, 5) is 26.5. The van der Waals surface area contributed by atoms with Crippen LogP contribution in [0.4, 0.5) is 4.79 Å². The molecule has 0 saturated carbocycles. The Hall–Kier alpha value is -1.30. The van der Waals surface area contributed by atoms with Gasteiger partial charge in [0.25, 0.3) is 0 Å². The standard InChI is InChI=1S/C14H26N2O4/c1-11(17)19-9-8-15(5)12-6-7-16(10-12)13(18)20-14(2,3)4/h12H,6-10H2,1-5H3/t12-/m1/s1. The number of esters is 1. The van der Waals surface area contributed by atoms with Crippen LogP contribution in [0.2, 0.25) is 0 Å². The molecule has 0 spiro atoms. The van der Waals surface area contributed by atoms with Crippen molar-refractivity contribution >= 4 is 12.1 Å². The zero-order chi connectivity index (χ0) is 15.3. The molecule has 1 rings (SSSR count). The van der Waals surface area contributed by atoms with Crippen molar-refractivity contribution in [3.63, 3.8) is 0 Å². The normalized spacial score (nSPS) is 19.3. The van der Waals surface area contributed by atoms with E-state index < -0.39 is 5.60 Å². The molecule has 20 heavy (non-hydrogen) atoms. The predicted molar refractivity (Wildman–Crippen MR) is 75.5 cm³/mol. The van der Waals surface area contributed by atoms with E-state index in [1.807, 2.05) is 27.8 Å². The highest BCUT2D eigenvalue weighted by atomic mass is 16.6. The summed E-state index contributed by atoms with van der Waals surface area (Å²) in [6.07, 6.45) is 0.656. The number of ether oxygens (including phenoxy) is 2. The molecule has 1 aliphatic rings. The predicted octanol–water partition coefficient (Wildman–Crippen LogP) is 1.49. The summed E-state index contributed by atoms with van der Waals surface area (Å²) in [6.45, 7) is 9.42. The molecule has 0 unspecified atom stereocenters. The molecule has 0 aromatic rings. The molecule has 0 N–H and O–H groups in total. The molecule has 1 saturated heterocycles. The summed E-state index contributed by atoms with van der Waals surface area (Å²) in [6, 6.07) is 0.290. The number of carbonyl (C=O) groups is 2. The minimum atomic E-state index is -0.462. The average Bonchev–Trinajstić information content (AvgIpc) is 2.75. The van der Waals surface area contributed by atoms with Crippen LogP contribution in [-0.2, 0) is 14.3 Å². The van der Waals surface area contributed by atoms with Crippen LogP contribution >= 0.6 is 0 Å². The molecular formula is C14H26N2O4. The lowest BCUT2D eigenvalue weighted by Gasteiger charge is -2.26. The number of likely N-dealkylation sites (tertiary alicyclic amines) is 1. The zero-order valence-corrected chi connectivity index (χ0v) is 13.1. The van der Waals surface area contributed by atoms with E-state index >= 15 is 0 Å². The lowest BCUT2D eigenvalue weighted by Crippen LogP contribution is -2.40. The Balaban J connectivity index is 2.35. The van der Waals surface area contributed by atoms with Crippen LogP contribution in [0.3, 0.4) is 0 Å². The highest BCUT2D eigenvalue weighted by Gasteiger charge is 2.31. The Morgan fingerprint density at radius 1 is 1.35 bits per heavy atom. The molecule has 1 atom stereocenters. The van der Waals surface area contributed by atoms with Gasteiger partial charge in [-0.2, -0.15) is 0 Å².